The zero-order valence-corrected chi connectivity index (χ0v) is 9.93. The van der Waals surface area contributed by atoms with Gasteiger partial charge in [-0.05, 0) is 35.0 Å². The molecule has 0 N–H and O–H groups in total. The molecule has 0 aliphatic heterocycles. The molecule has 0 aliphatic rings. The van der Waals surface area contributed by atoms with Gasteiger partial charge < -0.3 is 0 Å². The highest BCUT2D eigenvalue weighted by molar-refractivity contribution is 14.1. The van der Waals surface area contributed by atoms with Crippen LogP contribution in [0.4, 0.5) is 0 Å². The van der Waals surface area contributed by atoms with Gasteiger partial charge in [-0.2, -0.15) is 0 Å². The summed E-state index contributed by atoms with van der Waals surface area (Å²) in [5.41, 5.74) is 1.43. The first-order valence-electron chi connectivity index (χ1n) is 3.63. The van der Waals surface area contributed by atoms with E-state index in [1.165, 1.54) is 27.3 Å². The summed E-state index contributed by atoms with van der Waals surface area (Å²) in [6, 6.07) is 8.52. The molecule has 0 saturated heterocycles. The molecule has 11 heavy (non-hydrogen) atoms. The third-order valence-corrected chi connectivity index (χ3v) is 2.74. The lowest BCUT2D eigenvalue weighted by Gasteiger charge is -1.98. The van der Waals surface area contributed by atoms with Gasteiger partial charge in [0.05, 0.1) is 0 Å². The summed E-state index contributed by atoms with van der Waals surface area (Å²) in [6.07, 6.45) is 2.47. The van der Waals surface area contributed by atoms with Crippen LogP contribution < -0.4 is 0 Å². The smallest absolute Gasteiger partial charge is 0.0177 e. The molecule has 0 atom stereocenters. The topological polar surface area (TPSA) is 0 Å². The van der Waals surface area contributed by atoms with Crippen molar-refractivity contribution in [3.05, 3.63) is 34.3 Å². The van der Waals surface area contributed by atoms with Crippen molar-refractivity contribution < 1.29 is 0 Å². The predicted octanol–water partition coefficient (Wildman–Crippen LogP) is 3.82. The number of halogens is 2. The van der Waals surface area contributed by atoms with Gasteiger partial charge in [0.2, 0.25) is 0 Å². The number of benzene rings is 1. The number of rotatable bonds is 3. The van der Waals surface area contributed by atoms with Gasteiger partial charge in [0.15, 0.2) is 0 Å². The van der Waals surface area contributed by atoms with Gasteiger partial charge >= 0.3 is 0 Å². The van der Waals surface area contributed by atoms with E-state index >= 15 is 0 Å². The minimum absolute atomic E-state index is 1.18. The van der Waals surface area contributed by atoms with Crippen LogP contribution in [-0.4, -0.2) is 4.43 Å². The lowest BCUT2D eigenvalue weighted by Crippen LogP contribution is -1.84. The third-order valence-electron chi connectivity index (χ3n) is 1.49. The van der Waals surface area contributed by atoms with Crippen molar-refractivity contribution in [1.29, 1.82) is 0 Å². The molecule has 0 fully saturated rings. The minimum Gasteiger partial charge on any atom is -0.0864 e. The van der Waals surface area contributed by atoms with Crippen molar-refractivity contribution in [2.45, 2.75) is 12.8 Å². The van der Waals surface area contributed by atoms with E-state index in [-0.39, 0.29) is 0 Å². The molecule has 1 aromatic carbocycles. The van der Waals surface area contributed by atoms with Crippen molar-refractivity contribution in [3.8, 4) is 0 Å². The fourth-order valence-corrected chi connectivity index (χ4v) is 1.79. The number of hydrogen-bond donors (Lipinski definition) is 0. The number of hydrogen-bond acceptors (Lipinski definition) is 0. The summed E-state index contributed by atoms with van der Waals surface area (Å²) in [5, 5.41) is 0. The van der Waals surface area contributed by atoms with E-state index in [1.807, 2.05) is 0 Å². The largest absolute Gasteiger partial charge is 0.0864 e. The van der Waals surface area contributed by atoms with Crippen LogP contribution in [0.3, 0.4) is 0 Å². The maximum atomic E-state index is 3.45. The van der Waals surface area contributed by atoms with Crippen LogP contribution in [-0.2, 0) is 6.42 Å². The normalized spacial score (nSPS) is 10.0. The van der Waals surface area contributed by atoms with Gasteiger partial charge in [0, 0.05) is 4.47 Å². The SMILES string of the molecule is Brc1cccc(CCCI)c1. The zero-order valence-electron chi connectivity index (χ0n) is 6.19. The molecular weight excluding hydrogens is 315 g/mol. The van der Waals surface area contributed by atoms with Gasteiger partial charge in [-0.25, -0.2) is 0 Å². The summed E-state index contributed by atoms with van der Waals surface area (Å²) in [5.74, 6) is 0. The van der Waals surface area contributed by atoms with Gasteiger partial charge in [-0.1, -0.05) is 50.7 Å². The second-order valence-electron chi connectivity index (χ2n) is 2.42. The summed E-state index contributed by atoms with van der Waals surface area (Å²) >= 11 is 5.86. The summed E-state index contributed by atoms with van der Waals surface area (Å²) in [6.45, 7) is 0. The van der Waals surface area contributed by atoms with Gasteiger partial charge in [0.25, 0.3) is 0 Å². The number of alkyl halides is 1. The van der Waals surface area contributed by atoms with E-state index < -0.39 is 0 Å². The Morgan fingerprint density at radius 2 is 2.18 bits per heavy atom. The monoisotopic (exact) mass is 324 g/mol. The maximum Gasteiger partial charge on any atom is 0.0177 e. The fraction of sp³-hybridized carbons (Fsp3) is 0.333. The molecule has 0 saturated carbocycles. The molecule has 0 radical (unpaired) electrons. The Hall–Kier alpha value is 0.430. The number of aryl methyl sites for hydroxylation is 1. The molecule has 0 unspecified atom stereocenters. The molecule has 0 nitrogen and oxygen atoms in total. The van der Waals surface area contributed by atoms with Crippen LogP contribution in [0.25, 0.3) is 0 Å². The second kappa shape index (κ2) is 5.14. The Morgan fingerprint density at radius 1 is 1.36 bits per heavy atom. The Morgan fingerprint density at radius 3 is 2.82 bits per heavy atom. The van der Waals surface area contributed by atoms with E-state index in [0.717, 1.165) is 0 Å². The van der Waals surface area contributed by atoms with Crippen molar-refractivity contribution in [1.82, 2.24) is 0 Å². The molecule has 0 bridgehead atoms. The lowest BCUT2D eigenvalue weighted by atomic mass is 10.1. The molecule has 1 aromatic rings. The van der Waals surface area contributed by atoms with Crippen LogP contribution in [0.2, 0.25) is 0 Å². The van der Waals surface area contributed by atoms with Crippen molar-refractivity contribution in [2.75, 3.05) is 4.43 Å². The van der Waals surface area contributed by atoms with Crippen LogP contribution in [0.1, 0.15) is 12.0 Å². The molecule has 0 amide bonds. The molecule has 0 aliphatic carbocycles. The molecule has 0 aromatic heterocycles. The maximum absolute atomic E-state index is 3.45. The first-order valence-corrected chi connectivity index (χ1v) is 5.95. The van der Waals surface area contributed by atoms with Crippen LogP contribution in [0, 0.1) is 0 Å². The van der Waals surface area contributed by atoms with Crippen molar-refractivity contribution in [3.63, 3.8) is 0 Å². The van der Waals surface area contributed by atoms with E-state index in [2.05, 4.69) is 62.8 Å². The molecule has 2 heteroatoms. The molecule has 0 heterocycles. The van der Waals surface area contributed by atoms with Gasteiger partial charge in [-0.3, -0.25) is 0 Å². The van der Waals surface area contributed by atoms with Gasteiger partial charge in [-0.15, -0.1) is 0 Å². The highest BCUT2D eigenvalue weighted by Crippen LogP contribution is 2.13. The summed E-state index contributed by atoms with van der Waals surface area (Å²) < 4.78 is 2.42. The molecular formula is C9H10BrI. The van der Waals surface area contributed by atoms with E-state index in [4.69, 9.17) is 0 Å². The molecule has 1 rings (SSSR count). The average Bonchev–Trinajstić information content (AvgIpc) is 2.01. The minimum atomic E-state index is 1.18. The van der Waals surface area contributed by atoms with Crippen LogP contribution in [0.5, 0.6) is 0 Å². The van der Waals surface area contributed by atoms with Crippen molar-refractivity contribution >= 4 is 38.5 Å². The first-order chi connectivity index (χ1) is 5.33. The first kappa shape index (κ1) is 9.52. The highest BCUT2D eigenvalue weighted by Gasteiger charge is 1.92. The average molecular weight is 325 g/mol. The Labute approximate surface area is 89.7 Å². The van der Waals surface area contributed by atoms with E-state index in [1.54, 1.807) is 0 Å². The highest BCUT2D eigenvalue weighted by atomic mass is 127. The quantitative estimate of drug-likeness (QED) is 0.586. The Kier molecular flexibility index (Phi) is 4.45. The molecule has 0 spiro atoms. The Bertz CT molecular complexity index is 223. The van der Waals surface area contributed by atoms with Crippen LogP contribution >= 0.6 is 38.5 Å². The van der Waals surface area contributed by atoms with E-state index in [0.29, 0.717) is 0 Å². The standard InChI is InChI=1S/C9H10BrI/c10-9-5-1-3-8(7-9)4-2-6-11/h1,3,5,7H,2,4,6H2. The lowest BCUT2D eigenvalue weighted by molar-refractivity contribution is 0.945. The fourth-order valence-electron chi connectivity index (χ4n) is 0.963. The molecule has 60 valence electrons. The third kappa shape index (κ3) is 3.56. The summed E-state index contributed by atoms with van der Waals surface area (Å²) in [4.78, 5) is 0. The zero-order chi connectivity index (χ0) is 8.10. The summed E-state index contributed by atoms with van der Waals surface area (Å²) in [7, 11) is 0. The van der Waals surface area contributed by atoms with Crippen LogP contribution in [0.15, 0.2) is 28.7 Å². The van der Waals surface area contributed by atoms with Crippen molar-refractivity contribution in [2.24, 2.45) is 0 Å². The second-order valence-corrected chi connectivity index (χ2v) is 4.42. The van der Waals surface area contributed by atoms with E-state index in [9.17, 15) is 0 Å². The Balaban J connectivity index is 2.56. The van der Waals surface area contributed by atoms with Gasteiger partial charge in [0.1, 0.15) is 0 Å². The predicted molar refractivity (Wildman–Crippen MR) is 61.4 cm³/mol.